The average Bonchev–Trinajstić information content (AvgIpc) is 3.14. The largest absolute Gasteiger partial charge is 0.632 e. The molecule has 0 aliphatic carbocycles. The first-order chi connectivity index (χ1) is 23.9. The van der Waals surface area contributed by atoms with Gasteiger partial charge in [-0.05, 0) is 47.9 Å². The Morgan fingerprint density at radius 2 is 0.837 bits per heavy atom. The van der Waals surface area contributed by atoms with Gasteiger partial charge in [0.1, 0.15) is 0 Å². The van der Waals surface area contributed by atoms with Crippen molar-refractivity contribution in [1.29, 1.82) is 0 Å². The Balaban J connectivity index is 1.14. The molecule has 256 valence electrons. The summed E-state index contributed by atoms with van der Waals surface area (Å²) in [4.78, 5) is 27.9. The van der Waals surface area contributed by atoms with E-state index in [4.69, 9.17) is 0 Å². The minimum absolute atomic E-state index is 0.173. The van der Waals surface area contributed by atoms with Crippen molar-refractivity contribution in [3.63, 3.8) is 0 Å². The number of hydrogen-bond donors (Lipinski definition) is 2. The maximum absolute atomic E-state index is 14.5. The fraction of sp³-hybridized carbons (Fsp3) is 0.366. The van der Waals surface area contributed by atoms with Crippen LogP contribution in [0.3, 0.4) is 0 Å². The lowest BCUT2D eigenvalue weighted by molar-refractivity contribution is -0.919. The van der Waals surface area contributed by atoms with E-state index < -0.39 is 21.4 Å². The molecule has 2 saturated heterocycles. The van der Waals surface area contributed by atoms with Gasteiger partial charge in [-0.3, -0.25) is 9.59 Å². The number of carbonyl (C=O) groups is 2. The predicted molar refractivity (Wildman–Crippen MR) is 192 cm³/mol. The topological polar surface area (TPSA) is 104 Å². The molecule has 0 unspecified atom stereocenters. The Kier molecular flexibility index (Phi) is 11.2. The second kappa shape index (κ2) is 15.9. The van der Waals surface area contributed by atoms with E-state index in [1.54, 1.807) is 0 Å². The Morgan fingerprint density at radius 1 is 0.531 bits per heavy atom. The van der Waals surface area contributed by atoms with Crippen LogP contribution in [-0.2, 0) is 9.59 Å². The minimum atomic E-state index is -0.748. The Bertz CT molecular complexity index is 1440. The Morgan fingerprint density at radius 3 is 1.14 bits per heavy atom. The molecule has 6 rings (SSSR count). The van der Waals surface area contributed by atoms with Crippen molar-refractivity contribution in [3.05, 3.63) is 154 Å². The van der Waals surface area contributed by atoms with Gasteiger partial charge in [0.25, 0.3) is 11.8 Å². The molecule has 2 aliphatic rings. The minimum Gasteiger partial charge on any atom is -0.632 e. The molecular weight excluding hydrogens is 612 g/mol. The fourth-order valence-corrected chi connectivity index (χ4v) is 7.82. The van der Waals surface area contributed by atoms with E-state index in [1.807, 2.05) is 121 Å². The van der Waals surface area contributed by atoms with Gasteiger partial charge in [0.2, 0.25) is 0 Å². The van der Waals surface area contributed by atoms with Crippen LogP contribution in [-0.4, -0.2) is 59.4 Å². The highest BCUT2D eigenvalue weighted by molar-refractivity contribution is 5.82. The van der Waals surface area contributed by atoms with E-state index in [2.05, 4.69) is 10.6 Å². The van der Waals surface area contributed by atoms with Gasteiger partial charge >= 0.3 is 0 Å². The zero-order valence-electron chi connectivity index (χ0n) is 28.2. The van der Waals surface area contributed by atoms with Crippen molar-refractivity contribution < 1.29 is 18.9 Å². The molecule has 8 nitrogen and oxygen atoms in total. The number of nitrogens with one attached hydrogen (secondary N) is 2. The molecular formula is C41H48N4O4. The molecule has 2 fully saturated rings. The lowest BCUT2D eigenvalue weighted by Crippen LogP contribution is -2.63. The van der Waals surface area contributed by atoms with Crippen molar-refractivity contribution in [1.82, 2.24) is 10.6 Å². The molecule has 0 spiro atoms. The van der Waals surface area contributed by atoms with Crippen LogP contribution >= 0.6 is 0 Å². The first-order valence-corrected chi connectivity index (χ1v) is 17.8. The van der Waals surface area contributed by atoms with Gasteiger partial charge in [-0.1, -0.05) is 121 Å². The number of rotatable bonds is 12. The zero-order chi connectivity index (χ0) is 34.1. The van der Waals surface area contributed by atoms with Crippen LogP contribution in [0.2, 0.25) is 0 Å². The highest BCUT2D eigenvalue weighted by Gasteiger charge is 2.41. The van der Waals surface area contributed by atoms with Crippen molar-refractivity contribution in [2.24, 2.45) is 0 Å². The number of amides is 2. The SMILES string of the molecule is O=C(NC(c1ccccc1)c1ccccc1)[C@@H]1CCCC[N@@+]1([O-])CCC[N@+]1([O-])CCCC[C@H]1C(=O)NC(c1ccccc1)c1ccccc1. The van der Waals surface area contributed by atoms with Crippen LogP contribution in [0.15, 0.2) is 121 Å². The molecule has 4 atom stereocenters. The number of carbonyl (C=O) groups excluding carboxylic acids is 2. The highest BCUT2D eigenvalue weighted by Crippen LogP contribution is 2.31. The summed E-state index contributed by atoms with van der Waals surface area (Å²) in [5.74, 6) is -0.497. The summed E-state index contributed by atoms with van der Waals surface area (Å²) in [6.45, 7) is 1.04. The van der Waals surface area contributed by atoms with Crippen LogP contribution < -0.4 is 10.6 Å². The van der Waals surface area contributed by atoms with Gasteiger partial charge in [-0.2, -0.15) is 0 Å². The number of hydrogen-bond acceptors (Lipinski definition) is 4. The maximum Gasteiger partial charge on any atom is 0.279 e. The molecule has 8 heteroatoms. The molecule has 0 aromatic heterocycles. The van der Waals surface area contributed by atoms with Gasteiger partial charge in [0.15, 0.2) is 12.1 Å². The second-order valence-corrected chi connectivity index (χ2v) is 13.7. The Hall–Kier alpha value is -4.34. The van der Waals surface area contributed by atoms with Gasteiger partial charge < -0.3 is 30.3 Å². The van der Waals surface area contributed by atoms with Crippen molar-refractivity contribution in [3.8, 4) is 0 Å². The first-order valence-electron chi connectivity index (χ1n) is 17.8. The second-order valence-electron chi connectivity index (χ2n) is 13.7. The normalized spacial score (nSPS) is 24.0. The molecule has 2 N–H and O–H groups in total. The summed E-state index contributed by atoms with van der Waals surface area (Å²) < 4.78 is -1.27. The Labute approximate surface area is 290 Å². The van der Waals surface area contributed by atoms with E-state index >= 15 is 0 Å². The summed E-state index contributed by atoms with van der Waals surface area (Å²) in [5.41, 5.74) is 3.82. The number of hydroxylamine groups is 6. The summed E-state index contributed by atoms with van der Waals surface area (Å²) in [7, 11) is 0. The number of likely N-dealkylation sites (tertiary alicyclic amines) is 2. The van der Waals surface area contributed by atoms with Gasteiger partial charge in [-0.15, -0.1) is 0 Å². The first kappa shape index (κ1) is 34.5. The van der Waals surface area contributed by atoms with E-state index in [1.165, 1.54) is 0 Å². The van der Waals surface area contributed by atoms with E-state index in [-0.39, 0.29) is 37.0 Å². The quantitative estimate of drug-likeness (QED) is 0.127. The van der Waals surface area contributed by atoms with E-state index in [0.717, 1.165) is 47.9 Å². The van der Waals surface area contributed by atoms with Crippen LogP contribution in [0, 0.1) is 10.4 Å². The van der Waals surface area contributed by atoms with Crippen LogP contribution in [0.1, 0.15) is 79.3 Å². The third-order valence-electron chi connectivity index (χ3n) is 10.4. The molecule has 0 radical (unpaired) electrons. The smallest absolute Gasteiger partial charge is 0.279 e. The monoisotopic (exact) mass is 660 g/mol. The summed E-state index contributed by atoms with van der Waals surface area (Å²) in [6, 6.07) is 37.0. The fourth-order valence-electron chi connectivity index (χ4n) is 7.82. The molecule has 2 heterocycles. The van der Waals surface area contributed by atoms with Crippen LogP contribution in [0.4, 0.5) is 0 Å². The molecule has 0 bridgehead atoms. The van der Waals surface area contributed by atoms with E-state index in [0.29, 0.717) is 32.4 Å². The molecule has 2 aliphatic heterocycles. The van der Waals surface area contributed by atoms with Crippen molar-refractivity contribution in [2.75, 3.05) is 26.2 Å². The van der Waals surface area contributed by atoms with Crippen LogP contribution in [0.25, 0.3) is 0 Å². The van der Waals surface area contributed by atoms with Gasteiger partial charge in [0, 0.05) is 19.3 Å². The molecule has 2 amide bonds. The van der Waals surface area contributed by atoms with Crippen molar-refractivity contribution >= 4 is 11.8 Å². The van der Waals surface area contributed by atoms with Crippen LogP contribution in [0.5, 0.6) is 0 Å². The zero-order valence-corrected chi connectivity index (χ0v) is 28.2. The number of benzene rings is 4. The average molecular weight is 661 g/mol. The number of nitrogens with zero attached hydrogens (tertiary/aromatic N) is 2. The third-order valence-corrected chi connectivity index (χ3v) is 10.4. The van der Waals surface area contributed by atoms with Gasteiger partial charge in [-0.25, -0.2) is 0 Å². The summed E-state index contributed by atoms with van der Waals surface area (Å²) in [5, 5.41) is 35.3. The highest BCUT2D eigenvalue weighted by atomic mass is 16.6. The molecule has 49 heavy (non-hydrogen) atoms. The maximum atomic E-state index is 14.5. The number of piperidine rings is 2. The standard InChI is InChI=1S/C41H48N4O4/c46-40(42-38(32-18-5-1-6-19-32)33-20-7-2-8-21-33)36-26-13-15-28-44(36,48)30-17-31-45(49)29-16-14-27-37(45)41(47)43-39(34-22-9-3-10-23-34)35-24-11-4-12-25-35/h1-12,18-25,36-39H,13-17,26-31H2,(H,42,46)(H,43,47)/t36-,37-,44+,45+/m0/s1. The lowest BCUT2D eigenvalue weighted by atomic mass is 9.95. The van der Waals surface area contributed by atoms with Gasteiger partial charge in [0.05, 0.1) is 38.3 Å². The summed E-state index contributed by atoms with van der Waals surface area (Å²) in [6.07, 6.45) is 4.49. The predicted octanol–water partition coefficient (Wildman–Crippen LogP) is 6.92. The third kappa shape index (κ3) is 8.28. The number of quaternary nitrogens is 2. The summed E-state index contributed by atoms with van der Waals surface area (Å²) >= 11 is 0. The van der Waals surface area contributed by atoms with E-state index in [9.17, 15) is 20.0 Å². The molecule has 0 saturated carbocycles. The molecule has 4 aromatic carbocycles. The molecule has 4 aromatic rings. The lowest BCUT2D eigenvalue weighted by Gasteiger charge is -2.53. The van der Waals surface area contributed by atoms with Crippen molar-refractivity contribution in [2.45, 2.75) is 69.1 Å².